The fourth-order valence-corrected chi connectivity index (χ4v) is 2.75. The Morgan fingerprint density at radius 2 is 2.40 bits per heavy atom. The van der Waals surface area contributed by atoms with E-state index in [1.165, 1.54) is 6.42 Å². The first kappa shape index (κ1) is 12.5. The van der Waals surface area contributed by atoms with E-state index >= 15 is 0 Å². The molecule has 2 atom stereocenters. The second-order valence-corrected chi connectivity index (χ2v) is 4.79. The molecule has 2 rings (SSSR count). The molecule has 0 radical (unpaired) electrons. The Labute approximate surface area is 97.8 Å². The summed E-state index contributed by atoms with van der Waals surface area (Å²) in [7, 11) is -1.01. The van der Waals surface area contributed by atoms with Gasteiger partial charge in [-0.15, -0.1) is 12.4 Å². The van der Waals surface area contributed by atoms with E-state index in [-0.39, 0.29) is 12.4 Å². The molecule has 6 heteroatoms. The predicted molar refractivity (Wildman–Crippen MR) is 61.6 cm³/mol. The molecular weight excluding hydrogens is 234 g/mol. The number of halogens is 1. The van der Waals surface area contributed by atoms with E-state index in [4.69, 9.17) is 0 Å². The van der Waals surface area contributed by atoms with Gasteiger partial charge in [-0.05, 0) is 19.4 Å². The molecule has 1 saturated heterocycles. The Hall–Kier alpha value is -0.520. The topological polar surface area (TPSA) is 54.9 Å². The molecular formula is C9H14ClN3OS. The minimum absolute atomic E-state index is 0. The average Bonchev–Trinajstić information content (AvgIpc) is 2.72. The van der Waals surface area contributed by atoms with Crippen molar-refractivity contribution >= 4 is 23.2 Å². The molecule has 0 amide bonds. The molecule has 2 unspecified atom stereocenters. The van der Waals surface area contributed by atoms with Gasteiger partial charge in [0.2, 0.25) is 0 Å². The minimum Gasteiger partial charge on any atom is -0.313 e. The zero-order valence-corrected chi connectivity index (χ0v) is 9.89. The maximum atomic E-state index is 11.8. The van der Waals surface area contributed by atoms with Crippen LogP contribution in [0.5, 0.6) is 0 Å². The summed E-state index contributed by atoms with van der Waals surface area (Å²) < 4.78 is 11.8. The van der Waals surface area contributed by atoms with Gasteiger partial charge in [0.25, 0.3) is 0 Å². The van der Waals surface area contributed by atoms with Crippen LogP contribution in [-0.4, -0.2) is 32.5 Å². The summed E-state index contributed by atoms with van der Waals surface area (Å²) in [5.41, 5.74) is 0. The normalized spacial score (nSPS) is 22.0. The monoisotopic (exact) mass is 247 g/mol. The van der Waals surface area contributed by atoms with Crippen LogP contribution >= 0.6 is 12.4 Å². The van der Waals surface area contributed by atoms with Crippen LogP contribution in [0.25, 0.3) is 0 Å². The van der Waals surface area contributed by atoms with E-state index in [1.54, 1.807) is 18.6 Å². The van der Waals surface area contributed by atoms with Crippen molar-refractivity contribution in [3.8, 4) is 0 Å². The highest BCUT2D eigenvalue weighted by Crippen LogP contribution is 2.09. The zero-order valence-electron chi connectivity index (χ0n) is 8.26. The van der Waals surface area contributed by atoms with Crippen LogP contribution in [0.15, 0.2) is 23.6 Å². The van der Waals surface area contributed by atoms with E-state index in [2.05, 4.69) is 15.3 Å². The van der Waals surface area contributed by atoms with Crippen LogP contribution in [0.4, 0.5) is 0 Å². The molecule has 0 saturated carbocycles. The summed E-state index contributed by atoms with van der Waals surface area (Å²) in [6, 6.07) is 0.387. The number of aromatic nitrogens is 2. The molecule has 4 nitrogen and oxygen atoms in total. The highest BCUT2D eigenvalue weighted by molar-refractivity contribution is 7.85. The third-order valence-electron chi connectivity index (χ3n) is 2.29. The molecule has 1 fully saturated rings. The maximum Gasteiger partial charge on any atom is 0.145 e. The third-order valence-corrected chi connectivity index (χ3v) is 3.67. The van der Waals surface area contributed by atoms with E-state index in [0.717, 1.165) is 13.0 Å². The average molecular weight is 248 g/mol. The van der Waals surface area contributed by atoms with Gasteiger partial charge in [0.1, 0.15) is 5.03 Å². The Kier molecular flexibility index (Phi) is 5.14. The number of hydrogen-bond acceptors (Lipinski definition) is 4. The number of nitrogens with zero attached hydrogens (tertiary/aromatic N) is 2. The van der Waals surface area contributed by atoms with Crippen LogP contribution in [0, 0.1) is 0 Å². The Bertz CT molecular complexity index is 316. The lowest BCUT2D eigenvalue weighted by Crippen LogP contribution is -2.27. The quantitative estimate of drug-likeness (QED) is 0.857. The van der Waals surface area contributed by atoms with Crippen molar-refractivity contribution in [3.05, 3.63) is 18.6 Å². The van der Waals surface area contributed by atoms with Crippen LogP contribution in [-0.2, 0) is 10.8 Å². The van der Waals surface area contributed by atoms with Gasteiger partial charge in [-0.2, -0.15) is 0 Å². The van der Waals surface area contributed by atoms with Gasteiger partial charge in [-0.25, -0.2) is 4.98 Å². The van der Waals surface area contributed by atoms with Crippen molar-refractivity contribution < 1.29 is 4.21 Å². The van der Waals surface area contributed by atoms with Crippen molar-refractivity contribution in [1.29, 1.82) is 0 Å². The molecule has 0 aromatic carbocycles. The van der Waals surface area contributed by atoms with Gasteiger partial charge in [0.15, 0.2) is 0 Å². The zero-order chi connectivity index (χ0) is 9.80. The molecule has 15 heavy (non-hydrogen) atoms. The minimum atomic E-state index is -1.01. The van der Waals surface area contributed by atoms with Crippen molar-refractivity contribution in [2.24, 2.45) is 0 Å². The molecule has 1 aliphatic rings. The van der Waals surface area contributed by atoms with E-state index in [0.29, 0.717) is 16.8 Å². The fourth-order valence-electron chi connectivity index (χ4n) is 1.57. The largest absolute Gasteiger partial charge is 0.313 e. The molecule has 1 aromatic heterocycles. The Morgan fingerprint density at radius 1 is 1.53 bits per heavy atom. The summed E-state index contributed by atoms with van der Waals surface area (Å²) in [5, 5.41) is 3.90. The molecule has 1 aromatic rings. The van der Waals surface area contributed by atoms with E-state index in [1.807, 2.05) is 0 Å². The lowest BCUT2D eigenvalue weighted by atomic mass is 10.3. The lowest BCUT2D eigenvalue weighted by molar-refractivity contribution is 0.641. The molecule has 1 N–H and O–H groups in total. The maximum absolute atomic E-state index is 11.8. The van der Waals surface area contributed by atoms with Crippen LogP contribution in [0.1, 0.15) is 12.8 Å². The summed E-state index contributed by atoms with van der Waals surface area (Å²) in [6.45, 7) is 1.04. The van der Waals surface area contributed by atoms with E-state index < -0.39 is 10.8 Å². The van der Waals surface area contributed by atoms with Crippen LogP contribution < -0.4 is 5.32 Å². The van der Waals surface area contributed by atoms with Crippen LogP contribution in [0.2, 0.25) is 0 Å². The Balaban J connectivity index is 0.00000112. The second kappa shape index (κ2) is 6.15. The molecule has 0 aliphatic carbocycles. The van der Waals surface area contributed by atoms with Gasteiger partial charge in [-0.1, -0.05) is 0 Å². The summed E-state index contributed by atoms with van der Waals surface area (Å²) in [5.74, 6) is 0.651. The first-order valence-corrected chi connectivity index (χ1v) is 6.06. The number of rotatable bonds is 3. The molecule has 1 aliphatic heterocycles. The van der Waals surface area contributed by atoms with Gasteiger partial charge in [0, 0.05) is 24.2 Å². The number of nitrogens with one attached hydrogen (secondary N) is 1. The SMILES string of the molecule is Cl.O=S(CC1CCCN1)c1cnccn1. The fraction of sp³-hybridized carbons (Fsp3) is 0.556. The van der Waals surface area contributed by atoms with Crippen molar-refractivity contribution in [2.75, 3.05) is 12.3 Å². The molecule has 0 bridgehead atoms. The van der Waals surface area contributed by atoms with Crippen molar-refractivity contribution in [2.45, 2.75) is 23.9 Å². The molecule has 84 valence electrons. The predicted octanol–water partition coefficient (Wildman–Crippen LogP) is 0.758. The first-order valence-electron chi connectivity index (χ1n) is 4.74. The van der Waals surface area contributed by atoms with Crippen LogP contribution in [0.3, 0.4) is 0 Å². The first-order chi connectivity index (χ1) is 6.86. The summed E-state index contributed by atoms with van der Waals surface area (Å²) in [6.07, 6.45) is 7.04. The smallest absolute Gasteiger partial charge is 0.145 e. The summed E-state index contributed by atoms with van der Waals surface area (Å²) in [4.78, 5) is 7.93. The third kappa shape index (κ3) is 3.52. The highest BCUT2D eigenvalue weighted by Gasteiger charge is 2.18. The number of hydrogen-bond donors (Lipinski definition) is 1. The molecule has 0 spiro atoms. The van der Waals surface area contributed by atoms with Crippen molar-refractivity contribution in [1.82, 2.24) is 15.3 Å². The van der Waals surface area contributed by atoms with Gasteiger partial charge >= 0.3 is 0 Å². The molecule has 2 heterocycles. The standard InChI is InChI=1S/C9H13N3OS.ClH/c13-14(7-8-2-1-3-11-8)9-6-10-4-5-12-9;/h4-6,8,11H,1-3,7H2;1H. The summed E-state index contributed by atoms with van der Waals surface area (Å²) >= 11 is 0. The van der Waals surface area contributed by atoms with E-state index in [9.17, 15) is 4.21 Å². The van der Waals surface area contributed by atoms with Gasteiger partial charge < -0.3 is 5.32 Å². The highest BCUT2D eigenvalue weighted by atomic mass is 35.5. The Morgan fingerprint density at radius 3 is 3.00 bits per heavy atom. The van der Waals surface area contributed by atoms with Gasteiger partial charge in [-0.3, -0.25) is 9.19 Å². The lowest BCUT2D eigenvalue weighted by Gasteiger charge is -2.08. The van der Waals surface area contributed by atoms with Crippen molar-refractivity contribution in [3.63, 3.8) is 0 Å². The second-order valence-electron chi connectivity index (χ2n) is 3.35. The van der Waals surface area contributed by atoms with Gasteiger partial charge in [0.05, 0.1) is 17.0 Å².